The summed E-state index contributed by atoms with van der Waals surface area (Å²) in [6.07, 6.45) is 3.29. The number of pyridine rings is 1. The minimum Gasteiger partial charge on any atom is -0.264 e. The summed E-state index contributed by atoms with van der Waals surface area (Å²) in [6.45, 7) is 3.58. The normalized spacial score (nSPS) is 12.6. The highest BCUT2D eigenvalue weighted by atomic mass is 35.5. The van der Waals surface area contributed by atoms with E-state index in [0.717, 1.165) is 16.9 Å². The van der Waals surface area contributed by atoms with Crippen LogP contribution in [0.1, 0.15) is 19.4 Å². The Hall–Kier alpha value is -0.950. The molecule has 0 aliphatic rings. The number of hydrogen-bond donors (Lipinski definition) is 1. The van der Waals surface area contributed by atoms with Gasteiger partial charge in [0.05, 0.1) is 9.88 Å². The van der Waals surface area contributed by atoms with Crippen molar-refractivity contribution in [1.29, 1.82) is 0 Å². The first-order valence-corrected chi connectivity index (χ1v) is 8.19. The van der Waals surface area contributed by atoms with Gasteiger partial charge >= 0.3 is 0 Å². The summed E-state index contributed by atoms with van der Waals surface area (Å²) < 4.78 is 27.8. The van der Waals surface area contributed by atoms with Crippen LogP contribution < -0.4 is 4.72 Å². The third-order valence-electron chi connectivity index (χ3n) is 2.59. The summed E-state index contributed by atoms with van der Waals surface area (Å²) in [6, 6.07) is 6.66. The lowest BCUT2D eigenvalue weighted by atomic mass is 9.98. The Labute approximate surface area is 121 Å². The Balaban J connectivity index is 2.30. The molecule has 0 spiro atoms. The Kier molecular flexibility index (Phi) is 3.96. The highest BCUT2D eigenvalue weighted by Crippen LogP contribution is 2.28. The summed E-state index contributed by atoms with van der Waals surface area (Å²) >= 11 is 6.80. The molecule has 0 aliphatic carbocycles. The second-order valence-corrected chi connectivity index (χ2v) is 8.16. The molecule has 1 N–H and O–H groups in total. The minimum absolute atomic E-state index is 0.203. The van der Waals surface area contributed by atoms with E-state index in [4.69, 9.17) is 11.6 Å². The van der Waals surface area contributed by atoms with E-state index in [9.17, 15) is 8.42 Å². The molecule has 0 radical (unpaired) electrons. The minimum atomic E-state index is -3.59. The molecule has 0 saturated carbocycles. The Morgan fingerprint density at radius 1 is 1.32 bits per heavy atom. The topological polar surface area (TPSA) is 59.1 Å². The van der Waals surface area contributed by atoms with Crippen molar-refractivity contribution >= 4 is 33.0 Å². The van der Waals surface area contributed by atoms with E-state index in [0.29, 0.717) is 4.34 Å². The van der Waals surface area contributed by atoms with Gasteiger partial charge in [0.25, 0.3) is 10.0 Å². The van der Waals surface area contributed by atoms with Gasteiger partial charge in [-0.25, -0.2) is 13.1 Å². The Morgan fingerprint density at radius 2 is 2.05 bits per heavy atom. The lowest BCUT2D eigenvalue weighted by Gasteiger charge is -2.25. The molecule has 2 rings (SSSR count). The lowest BCUT2D eigenvalue weighted by molar-refractivity contribution is 0.471. The van der Waals surface area contributed by atoms with E-state index in [1.807, 2.05) is 6.07 Å². The van der Waals surface area contributed by atoms with Crippen LogP contribution in [0.5, 0.6) is 0 Å². The van der Waals surface area contributed by atoms with Gasteiger partial charge in [0.1, 0.15) is 4.21 Å². The highest BCUT2D eigenvalue weighted by Gasteiger charge is 2.28. The maximum atomic E-state index is 12.3. The van der Waals surface area contributed by atoms with Gasteiger partial charge in [-0.05, 0) is 37.6 Å². The van der Waals surface area contributed by atoms with Crippen LogP contribution >= 0.6 is 22.9 Å². The SMILES string of the molecule is CC(C)(NS(=O)(=O)c1ccc(Cl)s1)c1cccnc1. The zero-order valence-corrected chi connectivity index (χ0v) is 12.8. The Bertz CT molecular complexity index is 666. The van der Waals surface area contributed by atoms with Crippen LogP contribution in [0.15, 0.2) is 40.9 Å². The first-order chi connectivity index (χ1) is 8.81. The van der Waals surface area contributed by atoms with Crippen molar-refractivity contribution in [3.8, 4) is 0 Å². The molecule has 0 aliphatic heterocycles. The smallest absolute Gasteiger partial charge is 0.250 e. The first kappa shape index (κ1) is 14.5. The van der Waals surface area contributed by atoms with Gasteiger partial charge in [0.15, 0.2) is 0 Å². The monoisotopic (exact) mass is 316 g/mol. The molecule has 0 saturated heterocycles. The Morgan fingerprint density at radius 3 is 2.58 bits per heavy atom. The van der Waals surface area contributed by atoms with Crippen molar-refractivity contribution < 1.29 is 8.42 Å². The molecule has 0 aromatic carbocycles. The molecule has 102 valence electrons. The van der Waals surface area contributed by atoms with Crippen LogP contribution in [0.2, 0.25) is 4.34 Å². The standard InChI is InChI=1S/C12H13ClN2O2S2/c1-12(2,9-4-3-7-14-8-9)15-19(16,17)11-6-5-10(13)18-11/h3-8,15H,1-2H3. The van der Waals surface area contributed by atoms with E-state index in [1.54, 1.807) is 38.4 Å². The van der Waals surface area contributed by atoms with E-state index in [2.05, 4.69) is 9.71 Å². The van der Waals surface area contributed by atoms with E-state index < -0.39 is 15.6 Å². The van der Waals surface area contributed by atoms with Crippen LogP contribution in [0.25, 0.3) is 0 Å². The van der Waals surface area contributed by atoms with Crippen molar-refractivity contribution in [2.75, 3.05) is 0 Å². The summed E-state index contributed by atoms with van der Waals surface area (Å²) in [4.78, 5) is 4.00. The van der Waals surface area contributed by atoms with E-state index in [1.165, 1.54) is 6.07 Å². The van der Waals surface area contributed by atoms with Gasteiger partial charge in [0, 0.05) is 12.4 Å². The van der Waals surface area contributed by atoms with Crippen molar-refractivity contribution in [3.05, 3.63) is 46.6 Å². The number of nitrogens with zero attached hydrogens (tertiary/aromatic N) is 1. The zero-order chi connectivity index (χ0) is 14.1. The molecule has 0 unspecified atom stereocenters. The number of nitrogens with one attached hydrogen (secondary N) is 1. The molecular weight excluding hydrogens is 304 g/mol. The van der Waals surface area contributed by atoms with Crippen molar-refractivity contribution in [2.24, 2.45) is 0 Å². The largest absolute Gasteiger partial charge is 0.264 e. The summed E-state index contributed by atoms with van der Waals surface area (Å²) in [5.74, 6) is 0. The quantitative estimate of drug-likeness (QED) is 0.943. The van der Waals surface area contributed by atoms with Gasteiger partial charge in [-0.2, -0.15) is 0 Å². The highest BCUT2D eigenvalue weighted by molar-refractivity contribution is 7.91. The van der Waals surface area contributed by atoms with E-state index >= 15 is 0 Å². The molecular formula is C12H13ClN2O2S2. The maximum absolute atomic E-state index is 12.3. The van der Waals surface area contributed by atoms with Crippen LogP contribution in [0.4, 0.5) is 0 Å². The molecule has 2 heterocycles. The van der Waals surface area contributed by atoms with Crippen LogP contribution in [-0.4, -0.2) is 13.4 Å². The predicted molar refractivity (Wildman–Crippen MR) is 76.9 cm³/mol. The third kappa shape index (κ3) is 3.33. The van der Waals surface area contributed by atoms with Crippen LogP contribution in [0.3, 0.4) is 0 Å². The van der Waals surface area contributed by atoms with Crippen molar-refractivity contribution in [2.45, 2.75) is 23.6 Å². The molecule has 19 heavy (non-hydrogen) atoms. The second kappa shape index (κ2) is 5.20. The number of halogens is 1. The van der Waals surface area contributed by atoms with Gasteiger partial charge in [0.2, 0.25) is 0 Å². The van der Waals surface area contributed by atoms with Crippen LogP contribution in [-0.2, 0) is 15.6 Å². The molecule has 0 atom stereocenters. The first-order valence-electron chi connectivity index (χ1n) is 5.51. The van der Waals surface area contributed by atoms with Crippen molar-refractivity contribution in [3.63, 3.8) is 0 Å². The number of thiophene rings is 1. The average molecular weight is 317 g/mol. The fourth-order valence-corrected chi connectivity index (χ4v) is 4.50. The number of hydrogen-bond acceptors (Lipinski definition) is 4. The lowest BCUT2D eigenvalue weighted by Crippen LogP contribution is -2.40. The number of aromatic nitrogens is 1. The summed E-state index contributed by atoms with van der Waals surface area (Å²) in [7, 11) is -3.59. The third-order valence-corrected chi connectivity index (χ3v) is 5.97. The maximum Gasteiger partial charge on any atom is 0.250 e. The fraction of sp³-hybridized carbons (Fsp3) is 0.250. The average Bonchev–Trinajstić information content (AvgIpc) is 2.77. The second-order valence-electron chi connectivity index (χ2n) is 4.53. The fourth-order valence-electron chi connectivity index (χ4n) is 1.62. The summed E-state index contributed by atoms with van der Waals surface area (Å²) in [5.41, 5.74) is 0.0463. The van der Waals surface area contributed by atoms with Crippen molar-refractivity contribution in [1.82, 2.24) is 9.71 Å². The van der Waals surface area contributed by atoms with Gasteiger partial charge in [-0.3, -0.25) is 4.98 Å². The molecule has 0 amide bonds. The van der Waals surface area contributed by atoms with Gasteiger partial charge < -0.3 is 0 Å². The van der Waals surface area contributed by atoms with Gasteiger partial charge in [-0.15, -0.1) is 11.3 Å². The number of sulfonamides is 1. The molecule has 0 fully saturated rings. The van der Waals surface area contributed by atoms with Gasteiger partial charge in [-0.1, -0.05) is 17.7 Å². The number of rotatable bonds is 4. The molecule has 2 aromatic heterocycles. The zero-order valence-electron chi connectivity index (χ0n) is 10.4. The summed E-state index contributed by atoms with van der Waals surface area (Å²) in [5, 5.41) is 0. The van der Waals surface area contributed by atoms with Crippen LogP contribution in [0, 0.1) is 0 Å². The molecule has 2 aromatic rings. The predicted octanol–water partition coefficient (Wildman–Crippen LogP) is 3.01. The molecule has 4 nitrogen and oxygen atoms in total. The van der Waals surface area contributed by atoms with E-state index in [-0.39, 0.29) is 4.21 Å². The molecule has 7 heteroatoms. The molecule has 0 bridgehead atoms.